The Hall–Kier alpha value is -4.65. The summed E-state index contributed by atoms with van der Waals surface area (Å²) in [5.74, 6) is 1.74. The van der Waals surface area contributed by atoms with E-state index in [9.17, 15) is 4.79 Å². The van der Waals surface area contributed by atoms with Crippen molar-refractivity contribution in [2.24, 2.45) is 9.98 Å². The Kier molecular flexibility index (Phi) is 10.5. The summed E-state index contributed by atoms with van der Waals surface area (Å²) in [6, 6.07) is 8.90. The molecule has 2 amide bonds. The molecule has 2 aromatic carbocycles. The largest absolute Gasteiger partial charge is 0.378 e. The summed E-state index contributed by atoms with van der Waals surface area (Å²) < 4.78 is 5.40. The first-order valence-corrected chi connectivity index (χ1v) is 23.4. The number of rotatable bonds is 6. The van der Waals surface area contributed by atoms with E-state index < -0.39 is 0 Å². The molecule has 3 N–H and O–H groups in total. The first-order valence-electron chi connectivity index (χ1n) is 19.3. The molecule has 4 aromatic heterocycles. The Morgan fingerprint density at radius 1 is 0.741 bits per heavy atom. The summed E-state index contributed by atoms with van der Waals surface area (Å²) in [4.78, 5) is 50.9. The van der Waals surface area contributed by atoms with Crippen molar-refractivity contribution in [2.75, 3.05) is 62.5 Å². The molecule has 0 atom stereocenters. The number of hydrogen-bond acceptors (Lipinski definition) is 15. The predicted molar refractivity (Wildman–Crippen MR) is 238 cm³/mol. The lowest BCUT2D eigenvalue weighted by atomic mass is 10.0. The zero-order valence-corrected chi connectivity index (χ0v) is 35.4. The minimum absolute atomic E-state index is 0.107. The van der Waals surface area contributed by atoms with Gasteiger partial charge in [-0.05, 0) is 89.5 Å². The molecule has 0 saturated carbocycles. The second-order valence-electron chi connectivity index (χ2n) is 14.5. The number of nitrogens with one attached hydrogen (secondary N) is 3. The van der Waals surface area contributed by atoms with Gasteiger partial charge in [0.25, 0.3) is 0 Å². The van der Waals surface area contributed by atoms with Crippen LogP contribution < -0.4 is 16.0 Å². The van der Waals surface area contributed by atoms with E-state index in [1.807, 2.05) is 22.2 Å². The smallest absolute Gasteiger partial charge is 0.320 e. The predicted octanol–water partition coefficient (Wildman–Crippen LogP) is 7.63. The number of thioether (sulfide) groups is 2. The van der Waals surface area contributed by atoms with Gasteiger partial charge in [-0.25, -0.2) is 24.7 Å². The highest BCUT2D eigenvalue weighted by molar-refractivity contribution is 7.99. The Morgan fingerprint density at radius 2 is 1.33 bits per heavy atom. The number of aliphatic imine (C=N–C) groups is 2. The Labute approximate surface area is 352 Å². The summed E-state index contributed by atoms with van der Waals surface area (Å²) in [5.41, 5.74) is 9.69. The third kappa shape index (κ3) is 7.11. The first-order chi connectivity index (χ1) is 28.5. The fourth-order valence-electron chi connectivity index (χ4n) is 8.16. The molecule has 0 aliphatic carbocycles. The maximum Gasteiger partial charge on any atom is 0.320 e. The van der Waals surface area contributed by atoms with Gasteiger partial charge < -0.3 is 30.5 Å². The fourth-order valence-corrected chi connectivity index (χ4v) is 11.7. The maximum atomic E-state index is 13.0. The van der Waals surface area contributed by atoms with E-state index in [1.165, 1.54) is 52.7 Å². The van der Waals surface area contributed by atoms with E-state index in [-0.39, 0.29) is 6.03 Å². The standard InChI is InChI=1S/C23H24N6O2S2.C18H17N5S2/c1-32-18-9-15-11-24-10-14(15)8-17(18)27-21-20-16-2-3-29(23(30)28-4-6-31-7-5-28)12-19(16)33-22(20)26-13-25-21;1-24-14-5-11-7-20-6-10(11)4-13(14)23-17-16-12-2-3-19-8-15(12)25-18(16)22-9-21-17/h8-10,13H,2-7,11-12H2,1H3,(H,25,26,27);4-6,9,19H,2-3,7-8H2,1H3,(H,21,22,23). The van der Waals surface area contributed by atoms with Crippen molar-refractivity contribution >= 4 is 108 Å². The lowest BCUT2D eigenvalue weighted by Gasteiger charge is -2.34. The number of fused-ring (bicyclic) bond motifs is 8. The van der Waals surface area contributed by atoms with Crippen LogP contribution in [0.5, 0.6) is 0 Å². The fraction of sp³-hybridized carbons (Fsp3) is 0.341. The van der Waals surface area contributed by atoms with Gasteiger partial charge in [0.05, 0.1) is 55.0 Å². The van der Waals surface area contributed by atoms with E-state index in [4.69, 9.17) is 4.74 Å². The van der Waals surface area contributed by atoms with E-state index in [0.29, 0.717) is 39.4 Å². The van der Waals surface area contributed by atoms with Gasteiger partial charge >= 0.3 is 6.03 Å². The van der Waals surface area contributed by atoms with Crippen molar-refractivity contribution in [1.82, 2.24) is 35.1 Å². The highest BCUT2D eigenvalue weighted by atomic mass is 32.2. The summed E-state index contributed by atoms with van der Waals surface area (Å²) in [6.45, 7) is 7.36. The van der Waals surface area contributed by atoms with Crippen molar-refractivity contribution in [1.29, 1.82) is 0 Å². The van der Waals surface area contributed by atoms with Gasteiger partial charge in [-0.3, -0.25) is 9.98 Å². The van der Waals surface area contributed by atoms with Gasteiger partial charge in [-0.2, -0.15) is 0 Å². The second kappa shape index (κ2) is 16.2. The molecule has 5 aliphatic rings. The molecule has 1 fully saturated rings. The van der Waals surface area contributed by atoms with E-state index in [1.54, 1.807) is 58.9 Å². The molecule has 0 bridgehead atoms. The van der Waals surface area contributed by atoms with Crippen molar-refractivity contribution in [2.45, 2.75) is 48.8 Å². The van der Waals surface area contributed by atoms with Gasteiger partial charge in [0, 0.05) is 58.2 Å². The SMILES string of the molecule is CSc1cc2c(cc1Nc1ncnc3sc4c(c13)CCN(C(=O)N1CCOCC1)C4)C=NC2.CSc1cc2c(cc1Nc1ncnc3sc4c(c13)CCNC4)C=NC2. The topological polar surface area (TPSA) is 145 Å². The van der Waals surface area contributed by atoms with Crippen LogP contribution in [0.1, 0.15) is 43.1 Å². The number of benzene rings is 2. The van der Waals surface area contributed by atoms with Crippen LogP contribution in [0.3, 0.4) is 0 Å². The number of morpholine rings is 1. The van der Waals surface area contributed by atoms with Crippen LogP contribution in [0.4, 0.5) is 27.8 Å². The monoisotopic (exact) mass is 847 g/mol. The van der Waals surface area contributed by atoms with Gasteiger partial charge in [0.1, 0.15) is 34.0 Å². The molecular weight excluding hydrogens is 807 g/mol. The molecule has 58 heavy (non-hydrogen) atoms. The number of aromatic nitrogens is 4. The van der Waals surface area contributed by atoms with Crippen LogP contribution in [-0.4, -0.2) is 100 Å². The Bertz CT molecular complexity index is 2630. The number of nitrogens with zero attached hydrogens (tertiary/aromatic N) is 8. The number of carbonyl (C=O) groups excluding carboxylic acids is 1. The molecule has 17 heteroatoms. The van der Waals surface area contributed by atoms with Crippen LogP contribution >= 0.6 is 46.2 Å². The van der Waals surface area contributed by atoms with Crippen molar-refractivity contribution in [3.63, 3.8) is 0 Å². The lowest BCUT2D eigenvalue weighted by Crippen LogP contribution is -2.49. The molecule has 1 saturated heterocycles. The zero-order valence-electron chi connectivity index (χ0n) is 32.1. The molecule has 0 radical (unpaired) electrons. The molecular formula is C41H41N11O2S4. The minimum Gasteiger partial charge on any atom is -0.378 e. The quantitative estimate of drug-likeness (QED) is 0.142. The number of hydrogen-bond donors (Lipinski definition) is 3. The van der Waals surface area contributed by atoms with E-state index in [0.717, 1.165) is 82.6 Å². The van der Waals surface area contributed by atoms with Crippen molar-refractivity contribution in [3.05, 3.63) is 80.1 Å². The first kappa shape index (κ1) is 37.6. The van der Waals surface area contributed by atoms with Gasteiger partial charge in [0.15, 0.2) is 0 Å². The number of amides is 2. The molecule has 0 spiro atoms. The van der Waals surface area contributed by atoms with Crippen molar-refractivity contribution < 1.29 is 9.53 Å². The second-order valence-corrected chi connectivity index (χ2v) is 18.3. The zero-order chi connectivity index (χ0) is 39.2. The Balaban J connectivity index is 0.000000146. The number of urea groups is 1. The minimum atomic E-state index is 0.107. The third-order valence-electron chi connectivity index (χ3n) is 11.1. The lowest BCUT2D eigenvalue weighted by molar-refractivity contribution is 0.0423. The number of carbonyl (C=O) groups is 1. The van der Waals surface area contributed by atoms with Crippen molar-refractivity contribution in [3.8, 4) is 0 Å². The Morgan fingerprint density at radius 3 is 1.93 bits per heavy atom. The molecule has 11 rings (SSSR count). The van der Waals surface area contributed by atoms with E-state index >= 15 is 0 Å². The number of anilines is 4. The summed E-state index contributed by atoms with van der Waals surface area (Å²) in [7, 11) is 0. The summed E-state index contributed by atoms with van der Waals surface area (Å²) in [5, 5.41) is 12.9. The molecule has 13 nitrogen and oxygen atoms in total. The summed E-state index contributed by atoms with van der Waals surface area (Å²) in [6.07, 6.45) is 13.2. The van der Waals surface area contributed by atoms with Crippen LogP contribution in [0, 0.1) is 0 Å². The van der Waals surface area contributed by atoms with E-state index in [2.05, 4.69) is 82.6 Å². The maximum absolute atomic E-state index is 13.0. The molecule has 0 unspecified atom stereocenters. The van der Waals surface area contributed by atoms with Gasteiger partial charge in [-0.15, -0.1) is 46.2 Å². The molecule has 6 aromatic rings. The molecule has 296 valence electrons. The average molecular weight is 848 g/mol. The summed E-state index contributed by atoms with van der Waals surface area (Å²) >= 11 is 6.91. The normalized spacial score (nSPS) is 16.5. The molecule has 9 heterocycles. The average Bonchev–Trinajstić information content (AvgIpc) is 4.08. The van der Waals surface area contributed by atoms with Gasteiger partial charge in [-0.1, -0.05) is 0 Å². The third-order valence-corrected chi connectivity index (χ3v) is 14.9. The van der Waals surface area contributed by atoms with Crippen LogP contribution in [0.15, 0.2) is 56.7 Å². The van der Waals surface area contributed by atoms with Gasteiger partial charge in [0.2, 0.25) is 0 Å². The number of ether oxygens (including phenoxy) is 1. The van der Waals surface area contributed by atoms with Crippen LogP contribution in [-0.2, 0) is 43.8 Å². The molecule has 5 aliphatic heterocycles. The number of thiophene rings is 2. The highest BCUT2D eigenvalue weighted by Crippen LogP contribution is 2.41. The highest BCUT2D eigenvalue weighted by Gasteiger charge is 2.30. The van der Waals surface area contributed by atoms with Crippen LogP contribution in [0.25, 0.3) is 20.4 Å². The van der Waals surface area contributed by atoms with Crippen LogP contribution in [0.2, 0.25) is 0 Å².